The molecule has 0 amide bonds. The molecule has 1 aliphatic carbocycles. The van der Waals surface area contributed by atoms with Crippen molar-refractivity contribution in [3.63, 3.8) is 0 Å². The van der Waals surface area contributed by atoms with Crippen LogP contribution in [-0.4, -0.2) is 19.1 Å². The first-order chi connectivity index (χ1) is 10.7. The van der Waals surface area contributed by atoms with Crippen LogP contribution in [0.3, 0.4) is 0 Å². The van der Waals surface area contributed by atoms with Crippen molar-refractivity contribution in [1.82, 2.24) is 5.32 Å². The van der Waals surface area contributed by atoms with E-state index in [4.69, 9.17) is 4.74 Å². The Morgan fingerprint density at radius 2 is 1.86 bits per heavy atom. The lowest BCUT2D eigenvalue weighted by molar-refractivity contribution is 0.0605. The second kappa shape index (κ2) is 11.2. The van der Waals surface area contributed by atoms with E-state index in [0.29, 0.717) is 10.9 Å². The predicted octanol–water partition coefficient (Wildman–Crippen LogP) is 5.53. The molecule has 0 saturated heterocycles. The standard InChI is InChI=1S/C15H22BrNO2S.C2H6/c1-19-15(18)14-11(9-13(16)20-14)10-17-12-7-5-3-2-4-6-8-12;1-2/h9,12,17H,2-8,10H2,1H3;1-2H3. The minimum atomic E-state index is -0.241. The second-order valence-electron chi connectivity index (χ2n) is 5.32. The fourth-order valence-corrected chi connectivity index (χ4v) is 4.29. The lowest BCUT2D eigenvalue weighted by Crippen LogP contribution is -2.29. The van der Waals surface area contributed by atoms with Gasteiger partial charge in [0.1, 0.15) is 4.88 Å². The first kappa shape index (κ1) is 19.7. The number of methoxy groups -OCH3 is 1. The lowest BCUT2D eigenvalue weighted by Gasteiger charge is -2.21. The summed E-state index contributed by atoms with van der Waals surface area (Å²) in [5.74, 6) is -0.241. The monoisotopic (exact) mass is 389 g/mol. The van der Waals surface area contributed by atoms with E-state index in [-0.39, 0.29) is 5.97 Å². The number of thiophene rings is 1. The number of halogens is 1. The second-order valence-corrected chi connectivity index (χ2v) is 7.75. The van der Waals surface area contributed by atoms with E-state index < -0.39 is 0 Å². The van der Waals surface area contributed by atoms with Crippen LogP contribution in [0.1, 0.15) is 74.0 Å². The Kier molecular flexibility index (Phi) is 10.0. The summed E-state index contributed by atoms with van der Waals surface area (Å²) < 4.78 is 5.82. The molecular formula is C17H28BrNO2S. The highest BCUT2D eigenvalue weighted by Gasteiger charge is 2.17. The zero-order chi connectivity index (χ0) is 16.4. The number of carbonyl (C=O) groups is 1. The van der Waals surface area contributed by atoms with Gasteiger partial charge in [-0.1, -0.05) is 46.0 Å². The fourth-order valence-electron chi connectivity index (χ4n) is 2.71. The maximum absolute atomic E-state index is 11.7. The minimum absolute atomic E-state index is 0.241. The van der Waals surface area contributed by atoms with Crippen molar-refractivity contribution in [3.8, 4) is 0 Å². The van der Waals surface area contributed by atoms with Crippen LogP contribution < -0.4 is 5.32 Å². The van der Waals surface area contributed by atoms with Gasteiger partial charge < -0.3 is 10.1 Å². The van der Waals surface area contributed by atoms with E-state index in [9.17, 15) is 4.79 Å². The van der Waals surface area contributed by atoms with Gasteiger partial charge in [0.2, 0.25) is 0 Å². The molecule has 1 aromatic heterocycles. The van der Waals surface area contributed by atoms with E-state index in [1.54, 1.807) is 0 Å². The average molecular weight is 390 g/mol. The van der Waals surface area contributed by atoms with E-state index in [1.165, 1.54) is 63.4 Å². The largest absolute Gasteiger partial charge is 0.465 e. The summed E-state index contributed by atoms with van der Waals surface area (Å²) in [4.78, 5) is 12.4. The van der Waals surface area contributed by atoms with Gasteiger partial charge in [0.15, 0.2) is 0 Å². The molecule has 1 fully saturated rings. The summed E-state index contributed by atoms with van der Waals surface area (Å²) in [6, 6.07) is 2.60. The van der Waals surface area contributed by atoms with Crippen molar-refractivity contribution >= 4 is 33.2 Å². The van der Waals surface area contributed by atoms with Crippen molar-refractivity contribution in [2.24, 2.45) is 0 Å². The Bertz CT molecular complexity index is 440. The molecule has 0 atom stereocenters. The van der Waals surface area contributed by atoms with Crippen LogP contribution in [-0.2, 0) is 11.3 Å². The number of rotatable bonds is 4. The van der Waals surface area contributed by atoms with Crippen LogP contribution in [0.25, 0.3) is 0 Å². The number of ether oxygens (including phenoxy) is 1. The van der Waals surface area contributed by atoms with E-state index in [1.807, 2.05) is 19.9 Å². The van der Waals surface area contributed by atoms with Gasteiger partial charge in [-0.05, 0) is 40.4 Å². The van der Waals surface area contributed by atoms with Gasteiger partial charge in [-0.25, -0.2) is 4.79 Å². The third-order valence-corrected chi connectivity index (χ3v) is 5.50. The van der Waals surface area contributed by atoms with Gasteiger partial charge in [0.05, 0.1) is 10.9 Å². The van der Waals surface area contributed by atoms with Gasteiger partial charge in [-0.3, -0.25) is 0 Å². The molecule has 1 saturated carbocycles. The van der Waals surface area contributed by atoms with Gasteiger partial charge >= 0.3 is 5.97 Å². The highest BCUT2D eigenvalue weighted by Crippen LogP contribution is 2.28. The van der Waals surface area contributed by atoms with Gasteiger partial charge in [-0.2, -0.15) is 0 Å². The molecule has 2 rings (SSSR count). The molecule has 22 heavy (non-hydrogen) atoms. The molecule has 5 heteroatoms. The van der Waals surface area contributed by atoms with E-state index >= 15 is 0 Å². The SMILES string of the molecule is CC.COC(=O)c1sc(Br)cc1CNC1CCCCCCC1. The normalized spacial score (nSPS) is 16.2. The molecule has 0 bridgehead atoms. The number of carbonyl (C=O) groups excluding carboxylic acids is 1. The molecule has 0 aliphatic heterocycles. The summed E-state index contributed by atoms with van der Waals surface area (Å²) in [5.41, 5.74) is 1.04. The molecule has 126 valence electrons. The third kappa shape index (κ3) is 6.39. The first-order valence-electron chi connectivity index (χ1n) is 8.30. The Labute approximate surface area is 147 Å². The van der Waals surface area contributed by atoms with Crippen molar-refractivity contribution in [2.75, 3.05) is 7.11 Å². The van der Waals surface area contributed by atoms with Crippen molar-refractivity contribution in [1.29, 1.82) is 0 Å². The predicted molar refractivity (Wildman–Crippen MR) is 97.7 cm³/mol. The molecule has 1 N–H and O–H groups in total. The number of esters is 1. The maximum atomic E-state index is 11.7. The molecule has 0 radical (unpaired) electrons. The molecule has 1 aliphatic rings. The zero-order valence-corrected chi connectivity index (χ0v) is 16.3. The number of nitrogens with one attached hydrogen (secondary N) is 1. The van der Waals surface area contributed by atoms with Crippen LogP contribution >= 0.6 is 27.3 Å². The minimum Gasteiger partial charge on any atom is -0.465 e. The Morgan fingerprint density at radius 1 is 1.27 bits per heavy atom. The molecular weight excluding hydrogens is 362 g/mol. The van der Waals surface area contributed by atoms with Gasteiger partial charge in [-0.15, -0.1) is 11.3 Å². The van der Waals surface area contributed by atoms with Gasteiger partial charge in [0, 0.05) is 12.6 Å². The van der Waals surface area contributed by atoms with Crippen LogP contribution in [0.5, 0.6) is 0 Å². The summed E-state index contributed by atoms with van der Waals surface area (Å²) in [6.45, 7) is 4.75. The fraction of sp³-hybridized carbons (Fsp3) is 0.706. The van der Waals surface area contributed by atoms with E-state index in [0.717, 1.165) is 15.9 Å². The summed E-state index contributed by atoms with van der Waals surface area (Å²) in [5, 5.41) is 3.62. The molecule has 3 nitrogen and oxygen atoms in total. The number of hydrogen-bond acceptors (Lipinski definition) is 4. The summed E-state index contributed by atoms with van der Waals surface area (Å²) in [7, 11) is 1.43. The summed E-state index contributed by atoms with van der Waals surface area (Å²) >= 11 is 4.90. The lowest BCUT2D eigenvalue weighted by atomic mass is 9.96. The quantitative estimate of drug-likeness (QED) is 0.688. The highest BCUT2D eigenvalue weighted by molar-refractivity contribution is 9.11. The van der Waals surface area contributed by atoms with Crippen molar-refractivity contribution in [3.05, 3.63) is 20.3 Å². The van der Waals surface area contributed by atoms with Gasteiger partial charge in [0.25, 0.3) is 0 Å². The van der Waals surface area contributed by atoms with Crippen LogP contribution in [0.4, 0.5) is 0 Å². The van der Waals surface area contributed by atoms with E-state index in [2.05, 4.69) is 21.2 Å². The topological polar surface area (TPSA) is 38.3 Å². The molecule has 0 unspecified atom stereocenters. The zero-order valence-electron chi connectivity index (χ0n) is 13.9. The molecule has 1 heterocycles. The van der Waals surface area contributed by atoms with Crippen molar-refractivity contribution in [2.45, 2.75) is 71.4 Å². The molecule has 0 spiro atoms. The third-order valence-electron chi connectivity index (χ3n) is 3.84. The number of hydrogen-bond donors (Lipinski definition) is 1. The van der Waals surface area contributed by atoms with Crippen molar-refractivity contribution < 1.29 is 9.53 Å². The average Bonchev–Trinajstić information content (AvgIpc) is 2.88. The first-order valence-corrected chi connectivity index (χ1v) is 9.91. The highest BCUT2D eigenvalue weighted by atomic mass is 79.9. The Morgan fingerprint density at radius 3 is 2.45 bits per heavy atom. The Balaban J connectivity index is 0.00000116. The molecule has 1 aromatic rings. The smallest absolute Gasteiger partial charge is 0.348 e. The van der Waals surface area contributed by atoms with Crippen LogP contribution in [0, 0.1) is 0 Å². The van der Waals surface area contributed by atoms with Crippen LogP contribution in [0.15, 0.2) is 9.85 Å². The maximum Gasteiger partial charge on any atom is 0.348 e. The Hall–Kier alpha value is -0.390. The van der Waals surface area contributed by atoms with Crippen LogP contribution in [0.2, 0.25) is 0 Å². The molecule has 0 aromatic carbocycles. The summed E-state index contributed by atoms with van der Waals surface area (Å²) in [6.07, 6.45) is 9.23.